The average Bonchev–Trinajstić information content (AvgIpc) is 2.74. The number of aryl methyl sites for hydroxylation is 1. The fraction of sp³-hybridized carbons (Fsp3) is 0.636. The Morgan fingerprint density at radius 3 is 2.64 bits per heavy atom. The maximum absolute atomic E-state index is 5.59. The molecule has 1 aliphatic carbocycles. The molecule has 1 fully saturated rings. The molecule has 1 saturated carbocycles. The van der Waals surface area contributed by atoms with Crippen molar-refractivity contribution in [2.75, 3.05) is 0 Å². The standard InChI is InChI=1S/C11H17N3/c1-7-4-8(6-12)14-10(13-7)9-5-11(9,2)3/h4,9H,5-6,12H2,1-3H3. The maximum Gasteiger partial charge on any atom is 0.132 e. The van der Waals surface area contributed by atoms with E-state index in [1.54, 1.807) is 0 Å². The van der Waals surface area contributed by atoms with Crippen LogP contribution in [-0.2, 0) is 6.54 Å². The van der Waals surface area contributed by atoms with Crippen molar-refractivity contribution in [2.24, 2.45) is 11.1 Å². The lowest BCUT2D eigenvalue weighted by Gasteiger charge is -2.05. The molecule has 1 unspecified atom stereocenters. The Morgan fingerprint density at radius 2 is 2.14 bits per heavy atom. The lowest BCUT2D eigenvalue weighted by Crippen LogP contribution is -2.06. The van der Waals surface area contributed by atoms with Gasteiger partial charge in [-0.25, -0.2) is 9.97 Å². The summed E-state index contributed by atoms with van der Waals surface area (Å²) in [7, 11) is 0. The van der Waals surface area contributed by atoms with Crippen LogP contribution in [0.2, 0.25) is 0 Å². The number of aromatic nitrogens is 2. The monoisotopic (exact) mass is 191 g/mol. The van der Waals surface area contributed by atoms with Crippen LogP contribution in [0.5, 0.6) is 0 Å². The van der Waals surface area contributed by atoms with Crippen molar-refractivity contribution in [2.45, 2.75) is 39.7 Å². The first-order valence-corrected chi connectivity index (χ1v) is 5.07. The van der Waals surface area contributed by atoms with Gasteiger partial charge >= 0.3 is 0 Å². The highest BCUT2D eigenvalue weighted by atomic mass is 14.9. The molecule has 76 valence electrons. The largest absolute Gasteiger partial charge is 0.325 e. The molecule has 0 amide bonds. The van der Waals surface area contributed by atoms with Crippen LogP contribution in [0.25, 0.3) is 0 Å². The van der Waals surface area contributed by atoms with E-state index in [9.17, 15) is 0 Å². The Balaban J connectivity index is 2.31. The van der Waals surface area contributed by atoms with Gasteiger partial charge in [0.1, 0.15) is 5.82 Å². The molecule has 1 aromatic rings. The molecule has 1 aromatic heterocycles. The van der Waals surface area contributed by atoms with E-state index in [1.807, 2.05) is 13.0 Å². The fourth-order valence-corrected chi connectivity index (χ4v) is 1.83. The second-order valence-corrected chi connectivity index (χ2v) is 4.81. The minimum absolute atomic E-state index is 0.389. The van der Waals surface area contributed by atoms with Crippen LogP contribution in [0, 0.1) is 12.3 Å². The first-order valence-electron chi connectivity index (χ1n) is 5.07. The van der Waals surface area contributed by atoms with Crippen LogP contribution in [-0.4, -0.2) is 9.97 Å². The first-order chi connectivity index (χ1) is 6.53. The van der Waals surface area contributed by atoms with E-state index < -0.39 is 0 Å². The topological polar surface area (TPSA) is 51.8 Å². The van der Waals surface area contributed by atoms with Gasteiger partial charge in [-0.15, -0.1) is 0 Å². The summed E-state index contributed by atoms with van der Waals surface area (Å²) >= 11 is 0. The Bertz CT molecular complexity index is 358. The van der Waals surface area contributed by atoms with E-state index >= 15 is 0 Å². The van der Waals surface area contributed by atoms with E-state index in [-0.39, 0.29) is 0 Å². The van der Waals surface area contributed by atoms with Crippen LogP contribution in [0.3, 0.4) is 0 Å². The molecule has 14 heavy (non-hydrogen) atoms. The molecular weight excluding hydrogens is 174 g/mol. The number of rotatable bonds is 2. The molecule has 0 aromatic carbocycles. The second kappa shape index (κ2) is 3.02. The van der Waals surface area contributed by atoms with Gasteiger partial charge in [-0.3, -0.25) is 0 Å². The summed E-state index contributed by atoms with van der Waals surface area (Å²) in [4.78, 5) is 8.95. The third-order valence-electron chi connectivity index (χ3n) is 2.96. The number of nitrogens with zero attached hydrogens (tertiary/aromatic N) is 2. The molecule has 1 atom stereocenters. The third-order valence-corrected chi connectivity index (χ3v) is 2.96. The van der Waals surface area contributed by atoms with E-state index in [0.29, 0.717) is 17.9 Å². The molecule has 2 N–H and O–H groups in total. The average molecular weight is 191 g/mol. The molecule has 1 heterocycles. The minimum atomic E-state index is 0.389. The van der Waals surface area contributed by atoms with Gasteiger partial charge in [0.2, 0.25) is 0 Å². The highest BCUT2D eigenvalue weighted by Gasteiger charge is 2.48. The predicted octanol–water partition coefficient (Wildman–Crippen LogP) is 1.76. The molecule has 0 aliphatic heterocycles. The van der Waals surface area contributed by atoms with Crippen LogP contribution >= 0.6 is 0 Å². The normalized spacial score (nSPS) is 23.6. The lowest BCUT2D eigenvalue weighted by molar-refractivity contribution is 0.605. The van der Waals surface area contributed by atoms with Gasteiger partial charge in [0.05, 0.1) is 5.69 Å². The van der Waals surface area contributed by atoms with Crippen LogP contribution in [0.4, 0.5) is 0 Å². The Kier molecular flexibility index (Phi) is 2.07. The van der Waals surface area contributed by atoms with E-state index in [2.05, 4.69) is 23.8 Å². The fourth-order valence-electron chi connectivity index (χ4n) is 1.83. The zero-order chi connectivity index (χ0) is 10.3. The number of hydrogen-bond acceptors (Lipinski definition) is 3. The first kappa shape index (κ1) is 9.59. The van der Waals surface area contributed by atoms with Crippen molar-refractivity contribution in [3.8, 4) is 0 Å². The Labute approximate surface area is 84.8 Å². The van der Waals surface area contributed by atoms with Crippen LogP contribution in [0.1, 0.15) is 43.4 Å². The number of nitrogens with two attached hydrogens (primary N) is 1. The Morgan fingerprint density at radius 1 is 1.50 bits per heavy atom. The summed E-state index contributed by atoms with van der Waals surface area (Å²) in [6, 6.07) is 1.96. The van der Waals surface area contributed by atoms with Gasteiger partial charge in [-0.1, -0.05) is 13.8 Å². The van der Waals surface area contributed by atoms with Crippen LogP contribution in [0.15, 0.2) is 6.07 Å². The molecule has 0 bridgehead atoms. The van der Waals surface area contributed by atoms with Crippen molar-refractivity contribution in [3.05, 3.63) is 23.3 Å². The lowest BCUT2D eigenvalue weighted by atomic mass is 10.1. The smallest absolute Gasteiger partial charge is 0.132 e. The van der Waals surface area contributed by atoms with E-state index in [1.165, 1.54) is 6.42 Å². The third kappa shape index (κ3) is 1.64. The Hall–Kier alpha value is -0.960. The number of hydrogen-bond donors (Lipinski definition) is 1. The van der Waals surface area contributed by atoms with Gasteiger partial charge in [0.25, 0.3) is 0 Å². The van der Waals surface area contributed by atoms with E-state index in [0.717, 1.165) is 17.2 Å². The van der Waals surface area contributed by atoms with Crippen LogP contribution < -0.4 is 5.73 Å². The zero-order valence-electron chi connectivity index (χ0n) is 9.04. The van der Waals surface area contributed by atoms with Crippen molar-refractivity contribution >= 4 is 0 Å². The molecular formula is C11H17N3. The van der Waals surface area contributed by atoms with Crippen molar-refractivity contribution < 1.29 is 0 Å². The molecule has 1 aliphatic rings. The maximum atomic E-state index is 5.59. The summed E-state index contributed by atoms with van der Waals surface area (Å²) in [5.74, 6) is 1.52. The summed E-state index contributed by atoms with van der Waals surface area (Å²) in [6.45, 7) is 7.01. The van der Waals surface area contributed by atoms with Gasteiger partial charge in [0.15, 0.2) is 0 Å². The highest BCUT2D eigenvalue weighted by molar-refractivity contribution is 5.19. The van der Waals surface area contributed by atoms with Crippen molar-refractivity contribution in [3.63, 3.8) is 0 Å². The predicted molar refractivity (Wildman–Crippen MR) is 55.8 cm³/mol. The van der Waals surface area contributed by atoms with Gasteiger partial charge in [-0.05, 0) is 24.8 Å². The SMILES string of the molecule is Cc1cc(CN)nc(C2CC2(C)C)n1. The van der Waals surface area contributed by atoms with E-state index in [4.69, 9.17) is 5.73 Å². The van der Waals surface area contributed by atoms with Gasteiger partial charge in [0, 0.05) is 18.2 Å². The highest BCUT2D eigenvalue weighted by Crippen LogP contribution is 2.57. The van der Waals surface area contributed by atoms with Crippen molar-refractivity contribution in [1.29, 1.82) is 0 Å². The quantitative estimate of drug-likeness (QED) is 0.775. The molecule has 0 spiro atoms. The summed E-state index contributed by atoms with van der Waals surface area (Å²) in [5.41, 5.74) is 7.95. The summed E-state index contributed by atoms with van der Waals surface area (Å²) in [5, 5.41) is 0. The molecule has 0 saturated heterocycles. The van der Waals surface area contributed by atoms with Gasteiger partial charge in [-0.2, -0.15) is 0 Å². The second-order valence-electron chi connectivity index (χ2n) is 4.81. The zero-order valence-corrected chi connectivity index (χ0v) is 9.04. The molecule has 2 rings (SSSR count). The van der Waals surface area contributed by atoms with Crippen molar-refractivity contribution in [1.82, 2.24) is 9.97 Å². The molecule has 0 radical (unpaired) electrons. The molecule has 3 nitrogen and oxygen atoms in total. The summed E-state index contributed by atoms with van der Waals surface area (Å²) < 4.78 is 0. The summed E-state index contributed by atoms with van der Waals surface area (Å²) in [6.07, 6.45) is 1.19. The molecule has 3 heteroatoms. The minimum Gasteiger partial charge on any atom is -0.325 e. The van der Waals surface area contributed by atoms with Gasteiger partial charge < -0.3 is 5.73 Å².